The molecule has 3 amide bonds. The summed E-state index contributed by atoms with van der Waals surface area (Å²) in [4.78, 5) is 50.3. The third-order valence-corrected chi connectivity index (χ3v) is 5.95. The Labute approximate surface area is 176 Å². The van der Waals surface area contributed by atoms with Crippen molar-refractivity contribution >= 4 is 23.7 Å². The van der Waals surface area contributed by atoms with Gasteiger partial charge in [-0.15, -0.1) is 0 Å². The number of carbonyl (C=O) groups excluding carboxylic acids is 4. The second-order valence-corrected chi connectivity index (χ2v) is 8.17. The minimum Gasteiger partial charge on any atom is -0.469 e. The minimum absolute atomic E-state index is 0.00419. The second kappa shape index (κ2) is 9.28. The maximum Gasteiger partial charge on any atom is 0.308 e. The number of nitrogens with zero attached hydrogens (tertiary/aromatic N) is 1. The van der Waals surface area contributed by atoms with Crippen LogP contribution >= 0.6 is 0 Å². The van der Waals surface area contributed by atoms with Gasteiger partial charge >= 0.3 is 5.97 Å². The maximum atomic E-state index is 13.0. The lowest BCUT2D eigenvalue weighted by molar-refractivity contribution is -0.150. The first kappa shape index (κ1) is 21.8. The fourth-order valence-corrected chi connectivity index (χ4v) is 4.23. The van der Waals surface area contributed by atoms with Crippen LogP contribution < -0.4 is 10.6 Å². The van der Waals surface area contributed by atoms with Crippen molar-refractivity contribution in [1.29, 1.82) is 0 Å². The van der Waals surface area contributed by atoms with Crippen molar-refractivity contribution in [2.24, 2.45) is 0 Å². The summed E-state index contributed by atoms with van der Waals surface area (Å²) >= 11 is 0. The SMILES string of the molecule is COC(=O)CC1C(=O)NCCN1C(=O)CCC1(Cc2ccc(C)cc2)CCC(=O)N1. The number of carbonyl (C=O) groups is 4. The number of hydrogen-bond donors (Lipinski definition) is 2. The first-order valence-corrected chi connectivity index (χ1v) is 10.3. The van der Waals surface area contributed by atoms with Crippen LogP contribution in [0.2, 0.25) is 0 Å². The monoisotopic (exact) mass is 415 g/mol. The fraction of sp³-hybridized carbons (Fsp3) is 0.545. The average Bonchev–Trinajstić information content (AvgIpc) is 3.10. The summed E-state index contributed by atoms with van der Waals surface area (Å²) in [6, 6.07) is 7.31. The Balaban J connectivity index is 1.68. The van der Waals surface area contributed by atoms with E-state index < -0.39 is 17.6 Å². The topological polar surface area (TPSA) is 105 Å². The van der Waals surface area contributed by atoms with Crippen LogP contribution in [-0.4, -0.2) is 60.4 Å². The van der Waals surface area contributed by atoms with Crippen LogP contribution in [-0.2, 0) is 30.3 Å². The second-order valence-electron chi connectivity index (χ2n) is 8.17. The zero-order valence-corrected chi connectivity index (χ0v) is 17.5. The van der Waals surface area contributed by atoms with Crippen molar-refractivity contribution in [1.82, 2.24) is 15.5 Å². The number of amides is 3. The molecule has 8 nitrogen and oxygen atoms in total. The van der Waals surface area contributed by atoms with Gasteiger partial charge in [0.25, 0.3) is 0 Å². The van der Waals surface area contributed by atoms with Crippen LogP contribution in [0.15, 0.2) is 24.3 Å². The van der Waals surface area contributed by atoms with Crippen molar-refractivity contribution in [2.45, 2.75) is 57.0 Å². The number of esters is 1. The van der Waals surface area contributed by atoms with Crippen LogP contribution in [0.25, 0.3) is 0 Å². The molecule has 1 aromatic carbocycles. The molecule has 2 unspecified atom stereocenters. The molecule has 8 heteroatoms. The van der Waals surface area contributed by atoms with E-state index in [0.29, 0.717) is 38.8 Å². The van der Waals surface area contributed by atoms with E-state index in [1.54, 1.807) is 0 Å². The molecule has 2 N–H and O–H groups in total. The predicted octanol–water partition coefficient (Wildman–Crippen LogP) is 0.857. The molecule has 2 fully saturated rings. The molecule has 2 atom stereocenters. The molecule has 1 aromatic rings. The number of ether oxygens (including phenoxy) is 1. The molecular weight excluding hydrogens is 386 g/mol. The number of piperazine rings is 1. The lowest BCUT2D eigenvalue weighted by Gasteiger charge is -2.36. The van der Waals surface area contributed by atoms with Crippen LogP contribution in [0.1, 0.15) is 43.2 Å². The van der Waals surface area contributed by atoms with Crippen LogP contribution in [0.3, 0.4) is 0 Å². The molecule has 162 valence electrons. The summed E-state index contributed by atoms with van der Waals surface area (Å²) in [6.45, 7) is 2.73. The summed E-state index contributed by atoms with van der Waals surface area (Å²) in [5.74, 6) is -1.07. The molecule has 0 spiro atoms. The van der Waals surface area contributed by atoms with Crippen LogP contribution in [0.5, 0.6) is 0 Å². The van der Waals surface area contributed by atoms with E-state index >= 15 is 0 Å². The van der Waals surface area contributed by atoms with E-state index in [0.717, 1.165) is 5.56 Å². The van der Waals surface area contributed by atoms with Gasteiger partial charge in [0, 0.05) is 31.5 Å². The number of aryl methyl sites for hydroxylation is 1. The molecule has 2 saturated heterocycles. The van der Waals surface area contributed by atoms with Gasteiger partial charge in [-0.25, -0.2) is 0 Å². The van der Waals surface area contributed by atoms with E-state index in [2.05, 4.69) is 15.4 Å². The molecule has 2 aliphatic rings. The Hall–Kier alpha value is -2.90. The maximum absolute atomic E-state index is 13.0. The van der Waals surface area contributed by atoms with E-state index in [4.69, 9.17) is 0 Å². The highest BCUT2D eigenvalue weighted by atomic mass is 16.5. The molecule has 0 bridgehead atoms. The minimum atomic E-state index is -0.857. The number of nitrogens with one attached hydrogen (secondary N) is 2. The van der Waals surface area contributed by atoms with E-state index in [-0.39, 0.29) is 30.6 Å². The molecule has 0 radical (unpaired) electrons. The molecule has 30 heavy (non-hydrogen) atoms. The molecule has 0 saturated carbocycles. The Morgan fingerprint density at radius 1 is 1.23 bits per heavy atom. The zero-order valence-electron chi connectivity index (χ0n) is 17.5. The van der Waals surface area contributed by atoms with E-state index in [9.17, 15) is 19.2 Å². The highest BCUT2D eigenvalue weighted by Gasteiger charge is 2.40. The van der Waals surface area contributed by atoms with Crippen molar-refractivity contribution in [2.75, 3.05) is 20.2 Å². The van der Waals surface area contributed by atoms with Gasteiger partial charge < -0.3 is 20.3 Å². The van der Waals surface area contributed by atoms with Gasteiger partial charge in [0.1, 0.15) is 6.04 Å². The first-order chi connectivity index (χ1) is 14.3. The third-order valence-electron chi connectivity index (χ3n) is 5.95. The summed E-state index contributed by atoms with van der Waals surface area (Å²) < 4.78 is 4.67. The number of benzene rings is 1. The molecule has 2 heterocycles. The zero-order chi connectivity index (χ0) is 21.7. The number of hydrogen-bond acceptors (Lipinski definition) is 5. The van der Waals surface area contributed by atoms with Gasteiger partial charge in [-0.1, -0.05) is 29.8 Å². The molecule has 2 aliphatic heterocycles. The summed E-state index contributed by atoms with van der Waals surface area (Å²) in [6.07, 6.45) is 2.26. The molecule has 0 aliphatic carbocycles. The highest BCUT2D eigenvalue weighted by molar-refractivity contribution is 5.92. The van der Waals surface area contributed by atoms with Gasteiger partial charge in [0.15, 0.2) is 0 Å². The Kier molecular flexibility index (Phi) is 6.74. The van der Waals surface area contributed by atoms with Gasteiger partial charge in [0.05, 0.1) is 13.5 Å². The van der Waals surface area contributed by atoms with Gasteiger partial charge in [-0.05, 0) is 31.7 Å². The van der Waals surface area contributed by atoms with Crippen molar-refractivity contribution in [3.63, 3.8) is 0 Å². The van der Waals surface area contributed by atoms with E-state index in [1.807, 2.05) is 31.2 Å². The Morgan fingerprint density at radius 3 is 2.60 bits per heavy atom. The lowest BCUT2D eigenvalue weighted by atomic mass is 9.84. The van der Waals surface area contributed by atoms with Crippen molar-refractivity contribution < 1.29 is 23.9 Å². The normalized spacial score (nSPS) is 23.7. The van der Waals surface area contributed by atoms with E-state index in [1.165, 1.54) is 17.6 Å². The van der Waals surface area contributed by atoms with Crippen molar-refractivity contribution in [3.8, 4) is 0 Å². The predicted molar refractivity (Wildman–Crippen MR) is 109 cm³/mol. The molecule has 0 aromatic heterocycles. The summed E-state index contributed by atoms with van der Waals surface area (Å²) in [5.41, 5.74) is 1.80. The summed E-state index contributed by atoms with van der Waals surface area (Å²) in [7, 11) is 1.26. The Bertz CT molecular complexity index is 823. The summed E-state index contributed by atoms with van der Waals surface area (Å²) in [5, 5.41) is 5.78. The largest absolute Gasteiger partial charge is 0.469 e. The first-order valence-electron chi connectivity index (χ1n) is 10.3. The van der Waals surface area contributed by atoms with Crippen LogP contribution in [0, 0.1) is 6.92 Å². The molecular formula is C22H29N3O5. The average molecular weight is 415 g/mol. The smallest absolute Gasteiger partial charge is 0.308 e. The van der Waals surface area contributed by atoms with Gasteiger partial charge in [0.2, 0.25) is 17.7 Å². The quantitative estimate of drug-likeness (QED) is 0.643. The lowest BCUT2D eigenvalue weighted by Crippen LogP contribution is -2.58. The van der Waals surface area contributed by atoms with Crippen molar-refractivity contribution in [3.05, 3.63) is 35.4 Å². The Morgan fingerprint density at radius 2 is 1.97 bits per heavy atom. The van der Waals surface area contributed by atoms with Crippen LogP contribution in [0.4, 0.5) is 0 Å². The fourth-order valence-electron chi connectivity index (χ4n) is 4.23. The van der Waals surface area contributed by atoms with Gasteiger partial charge in [-0.2, -0.15) is 0 Å². The third kappa shape index (κ3) is 5.17. The number of rotatable bonds is 7. The standard InChI is InChI=1S/C22H29N3O5/c1-15-3-5-16(6-4-15)14-22(9-7-18(26)24-22)10-8-19(27)25-12-11-23-21(29)17(25)13-20(28)30-2/h3-6,17H,7-14H2,1-2H3,(H,23,29)(H,24,26). The molecule has 3 rings (SSSR count). The number of methoxy groups -OCH3 is 1. The van der Waals surface area contributed by atoms with Gasteiger partial charge in [-0.3, -0.25) is 19.2 Å². The highest BCUT2D eigenvalue weighted by Crippen LogP contribution is 2.30.